The van der Waals surface area contributed by atoms with Gasteiger partial charge in [-0.3, -0.25) is 24.0 Å². The van der Waals surface area contributed by atoms with E-state index in [4.69, 9.17) is 5.73 Å². The van der Waals surface area contributed by atoms with Gasteiger partial charge >= 0.3 is 17.9 Å². The number of hydrogen-bond donors (Lipinski definition) is 7. The van der Waals surface area contributed by atoms with Crippen LogP contribution in [0.1, 0.15) is 12.8 Å². The minimum absolute atomic E-state index is 0.104. The molecule has 0 rings (SSSR count). The van der Waals surface area contributed by atoms with Crippen LogP contribution in [0.5, 0.6) is 0 Å². The summed E-state index contributed by atoms with van der Waals surface area (Å²) in [6.45, 7) is -0.856. The Labute approximate surface area is 268 Å². The van der Waals surface area contributed by atoms with Gasteiger partial charge in [-0.25, -0.2) is 14.4 Å². The average molecular weight is 677 g/mol. The van der Waals surface area contributed by atoms with E-state index in [0.29, 0.717) is 11.5 Å². The van der Waals surface area contributed by atoms with Crippen molar-refractivity contribution in [1.82, 2.24) is 26.6 Å². The molecule has 0 bridgehead atoms. The molecule has 0 radical (unpaired) electrons. The summed E-state index contributed by atoms with van der Waals surface area (Å²) in [5.74, 6) is -6.06. The number of hydrogen-bond acceptors (Lipinski definition) is 13. The zero-order valence-electron chi connectivity index (χ0n) is 25.3. The maximum absolute atomic E-state index is 13.2. The maximum Gasteiger partial charge on any atom is 0.330 e. The average Bonchev–Trinajstić information content (AvgIpc) is 3.02. The van der Waals surface area contributed by atoms with E-state index < -0.39 is 78.2 Å². The van der Waals surface area contributed by atoms with Crippen molar-refractivity contribution in [2.24, 2.45) is 5.73 Å². The number of carboxylic acid groups (broad SMARTS) is 1. The molecule has 0 aromatic heterocycles. The highest BCUT2D eigenvalue weighted by atomic mass is 32.2. The van der Waals surface area contributed by atoms with Crippen LogP contribution in [0.15, 0.2) is 24.3 Å². The zero-order valence-corrected chi connectivity index (χ0v) is 26.9. The molecule has 0 saturated carbocycles. The normalized spacial score (nSPS) is 13.5. The second-order valence-electron chi connectivity index (χ2n) is 8.89. The summed E-state index contributed by atoms with van der Waals surface area (Å²) in [5, 5.41) is 21.4. The molecule has 4 atom stereocenters. The standard InChI is InChI=1S/C26H40N6O11S2/c1-42-21(35)7-5-19(33)28-13-15(27)23(37)30-16(9-11-44-3)24(38)31-17(10-12-45-4)25(39)32-18(26(40)41)14-29-20(34)6-8-22(36)43-2/h5-8,15-18H,9-14,27H2,1-4H3,(H,28,33)(H,29,34)(H,30,37)(H,31,38)(H,32,39)(H,40,41)/b7-5+,8-6+/t15-,16-,17-,18-/m0/s1. The van der Waals surface area contributed by atoms with Crippen molar-refractivity contribution in [3.63, 3.8) is 0 Å². The van der Waals surface area contributed by atoms with Gasteiger partial charge in [-0.1, -0.05) is 0 Å². The van der Waals surface area contributed by atoms with Crippen LogP contribution in [-0.2, 0) is 47.8 Å². The molecule has 252 valence electrons. The minimum atomic E-state index is -1.58. The Hall–Kier alpha value is -4.10. The molecule has 19 heteroatoms. The molecule has 0 saturated heterocycles. The number of rotatable bonds is 21. The molecule has 0 heterocycles. The lowest BCUT2D eigenvalue weighted by molar-refractivity contribution is -0.142. The molecule has 0 unspecified atom stereocenters. The fourth-order valence-corrected chi connectivity index (χ4v) is 4.02. The van der Waals surface area contributed by atoms with Crippen LogP contribution in [0.4, 0.5) is 0 Å². The van der Waals surface area contributed by atoms with Gasteiger partial charge in [0, 0.05) is 37.4 Å². The van der Waals surface area contributed by atoms with Crippen LogP contribution in [0.2, 0.25) is 0 Å². The summed E-state index contributed by atoms with van der Waals surface area (Å²) in [6.07, 6.45) is 7.25. The van der Waals surface area contributed by atoms with Gasteiger partial charge in [0.2, 0.25) is 29.5 Å². The first-order chi connectivity index (χ1) is 21.3. The third kappa shape index (κ3) is 18.3. The fraction of sp³-hybridized carbons (Fsp3) is 0.538. The topological polar surface area (TPSA) is 261 Å². The minimum Gasteiger partial charge on any atom is -0.480 e. The number of nitrogens with one attached hydrogen (secondary N) is 5. The Kier molecular flexibility index (Phi) is 21.2. The van der Waals surface area contributed by atoms with Crippen molar-refractivity contribution < 1.29 is 52.9 Å². The summed E-state index contributed by atoms with van der Waals surface area (Å²) in [4.78, 5) is 96.6. The van der Waals surface area contributed by atoms with Crippen LogP contribution in [-0.4, -0.2) is 128 Å². The van der Waals surface area contributed by atoms with Crippen molar-refractivity contribution in [1.29, 1.82) is 0 Å². The molecule has 45 heavy (non-hydrogen) atoms. The van der Waals surface area contributed by atoms with Crippen LogP contribution >= 0.6 is 23.5 Å². The summed E-state index contributed by atoms with van der Waals surface area (Å²) >= 11 is 2.76. The van der Waals surface area contributed by atoms with E-state index in [0.717, 1.165) is 38.5 Å². The number of esters is 2. The number of amides is 5. The van der Waals surface area contributed by atoms with Gasteiger partial charge in [-0.05, 0) is 36.9 Å². The first-order valence-electron chi connectivity index (χ1n) is 13.2. The first-order valence-corrected chi connectivity index (χ1v) is 16.0. The fourth-order valence-electron chi connectivity index (χ4n) is 3.08. The Morgan fingerprint density at radius 3 is 1.47 bits per heavy atom. The lowest BCUT2D eigenvalue weighted by Crippen LogP contribution is -2.59. The van der Waals surface area contributed by atoms with Gasteiger partial charge in [0.15, 0.2) is 0 Å². The van der Waals surface area contributed by atoms with Crippen LogP contribution in [0.25, 0.3) is 0 Å². The van der Waals surface area contributed by atoms with E-state index in [1.54, 1.807) is 12.5 Å². The van der Waals surface area contributed by atoms with Crippen molar-refractivity contribution in [3.05, 3.63) is 24.3 Å². The van der Waals surface area contributed by atoms with E-state index in [-0.39, 0.29) is 19.4 Å². The second-order valence-corrected chi connectivity index (χ2v) is 10.9. The van der Waals surface area contributed by atoms with Gasteiger partial charge in [-0.2, -0.15) is 23.5 Å². The second kappa shape index (κ2) is 23.3. The lowest BCUT2D eigenvalue weighted by Gasteiger charge is -2.25. The van der Waals surface area contributed by atoms with Crippen molar-refractivity contribution in [2.75, 3.05) is 51.3 Å². The van der Waals surface area contributed by atoms with Crippen LogP contribution in [0, 0.1) is 0 Å². The maximum atomic E-state index is 13.2. The van der Waals surface area contributed by atoms with Crippen molar-refractivity contribution in [2.45, 2.75) is 37.0 Å². The first kappa shape index (κ1) is 40.9. The molecule has 0 aromatic rings. The molecule has 0 aliphatic heterocycles. The highest BCUT2D eigenvalue weighted by Gasteiger charge is 2.30. The quantitative estimate of drug-likeness (QED) is 0.0474. The zero-order chi connectivity index (χ0) is 34.4. The predicted octanol–water partition coefficient (Wildman–Crippen LogP) is -2.95. The smallest absolute Gasteiger partial charge is 0.330 e. The molecule has 17 nitrogen and oxygen atoms in total. The van der Waals surface area contributed by atoms with Crippen molar-refractivity contribution in [3.8, 4) is 0 Å². The van der Waals surface area contributed by atoms with Crippen LogP contribution < -0.4 is 32.3 Å². The van der Waals surface area contributed by atoms with Gasteiger partial charge in [0.25, 0.3) is 0 Å². The highest BCUT2D eigenvalue weighted by molar-refractivity contribution is 7.98. The van der Waals surface area contributed by atoms with E-state index in [9.17, 15) is 43.5 Å². The number of ether oxygens (including phenoxy) is 2. The number of thioether (sulfide) groups is 2. The van der Waals surface area contributed by atoms with E-state index in [2.05, 4.69) is 36.1 Å². The molecule has 0 fully saturated rings. The molecule has 8 N–H and O–H groups in total. The molecule has 5 amide bonds. The van der Waals surface area contributed by atoms with Gasteiger partial charge in [0.05, 0.1) is 14.2 Å². The van der Waals surface area contributed by atoms with Crippen molar-refractivity contribution >= 4 is 71.0 Å². The predicted molar refractivity (Wildman–Crippen MR) is 166 cm³/mol. The summed E-state index contributed by atoms with van der Waals surface area (Å²) in [7, 11) is 2.25. The molecule has 0 aliphatic carbocycles. The highest BCUT2D eigenvalue weighted by Crippen LogP contribution is 2.06. The van der Waals surface area contributed by atoms with Gasteiger partial charge < -0.3 is 46.9 Å². The lowest BCUT2D eigenvalue weighted by atomic mass is 10.1. The summed E-state index contributed by atoms with van der Waals surface area (Å²) in [5.41, 5.74) is 5.85. The van der Waals surface area contributed by atoms with E-state index in [1.807, 2.05) is 0 Å². The Bertz CT molecular complexity index is 1120. The third-order valence-corrected chi connectivity index (χ3v) is 6.85. The molecular formula is C26H40N6O11S2. The number of aliphatic carboxylic acids is 1. The third-order valence-electron chi connectivity index (χ3n) is 5.56. The molecular weight excluding hydrogens is 636 g/mol. The number of methoxy groups -OCH3 is 2. The van der Waals surface area contributed by atoms with Crippen LogP contribution in [0.3, 0.4) is 0 Å². The summed E-state index contributed by atoms with van der Waals surface area (Å²) < 4.78 is 8.74. The molecule has 0 aromatic carbocycles. The Morgan fingerprint density at radius 1 is 0.667 bits per heavy atom. The summed E-state index contributed by atoms with van der Waals surface area (Å²) in [6, 6.07) is -5.18. The Morgan fingerprint density at radius 2 is 1.07 bits per heavy atom. The molecule has 0 spiro atoms. The SMILES string of the molecule is COC(=O)/C=C/C(=O)NC[C@H](NC(=O)[C@H](CCSC)NC(=O)[C@H](CCSC)NC(=O)[C@@H](N)CNC(=O)/C=C/C(=O)OC)C(=O)O. The van der Waals surface area contributed by atoms with E-state index in [1.165, 1.54) is 23.5 Å². The number of nitrogens with two attached hydrogens (primary N) is 1. The monoisotopic (exact) mass is 676 g/mol. The van der Waals surface area contributed by atoms with Gasteiger partial charge in [-0.15, -0.1) is 0 Å². The van der Waals surface area contributed by atoms with Gasteiger partial charge in [0.1, 0.15) is 24.2 Å². The number of carbonyl (C=O) groups excluding carboxylic acids is 7. The number of carboxylic acids is 1. The number of carbonyl (C=O) groups is 8. The Balaban J connectivity index is 5.48. The molecule has 0 aliphatic rings. The largest absolute Gasteiger partial charge is 0.480 e. The van der Waals surface area contributed by atoms with E-state index >= 15 is 0 Å².